The highest BCUT2D eigenvalue weighted by Gasteiger charge is 2.19. The largest absolute Gasteiger partial charge is 0.271 e. The maximum atomic E-state index is 12.3. The quantitative estimate of drug-likeness (QED) is 0.210. The summed E-state index contributed by atoms with van der Waals surface area (Å²) in [6.45, 7) is 4.33. The number of hydrogen-bond acceptors (Lipinski definition) is 3. The van der Waals surface area contributed by atoms with Gasteiger partial charge in [0.25, 0.3) is 10.1 Å². The lowest BCUT2D eigenvalue weighted by atomic mass is 10.0. The lowest BCUT2D eigenvalue weighted by molar-refractivity contribution is 0.183. The molecule has 4 heteroatoms. The van der Waals surface area contributed by atoms with E-state index in [2.05, 4.69) is 13.8 Å². The zero-order valence-corrected chi connectivity index (χ0v) is 18.3. The Morgan fingerprint density at radius 3 is 1.85 bits per heavy atom. The average molecular weight is 397 g/mol. The molecule has 0 aromatic heterocycles. The lowest BCUT2D eigenvalue weighted by Crippen LogP contribution is -2.20. The Balaban J connectivity index is 2.21. The summed E-state index contributed by atoms with van der Waals surface area (Å²) in [6.07, 6.45) is 15.4. The average Bonchev–Trinajstić information content (AvgIpc) is 2.63. The van der Waals surface area contributed by atoms with E-state index in [0.717, 1.165) is 31.2 Å². The van der Waals surface area contributed by atoms with E-state index in [-0.39, 0.29) is 11.9 Å². The van der Waals surface area contributed by atoms with Crippen molar-refractivity contribution in [2.24, 2.45) is 0 Å². The van der Waals surface area contributed by atoms with Crippen LogP contribution in [-0.2, 0) is 20.1 Å². The molecule has 1 aromatic carbocycles. The zero-order valence-electron chi connectivity index (χ0n) is 17.5. The minimum atomic E-state index is -3.52. The fraction of sp³-hybridized carbons (Fsp3) is 0.739. The van der Waals surface area contributed by atoms with Crippen molar-refractivity contribution in [1.82, 2.24) is 0 Å². The first kappa shape index (κ1) is 24.2. The normalized spacial score (nSPS) is 13.0. The molecular formula is C23H40O3S. The highest BCUT2D eigenvalue weighted by atomic mass is 32.2. The minimum Gasteiger partial charge on any atom is -0.267 e. The van der Waals surface area contributed by atoms with Gasteiger partial charge in [-0.15, -0.1) is 0 Å². The van der Waals surface area contributed by atoms with Gasteiger partial charge in [-0.05, 0) is 18.4 Å². The third kappa shape index (κ3) is 13.0. The molecule has 3 nitrogen and oxygen atoms in total. The summed E-state index contributed by atoms with van der Waals surface area (Å²) in [5, 5.41) is 0. The van der Waals surface area contributed by atoms with Crippen molar-refractivity contribution in [3.8, 4) is 0 Å². The summed E-state index contributed by atoms with van der Waals surface area (Å²) < 4.78 is 30.2. The Labute approximate surface area is 168 Å². The smallest absolute Gasteiger partial charge is 0.267 e. The van der Waals surface area contributed by atoms with Crippen molar-refractivity contribution in [2.45, 2.75) is 109 Å². The summed E-state index contributed by atoms with van der Waals surface area (Å²) in [4.78, 5) is 0. The van der Waals surface area contributed by atoms with Crippen LogP contribution in [0.25, 0.3) is 0 Å². The van der Waals surface area contributed by atoms with Crippen LogP contribution in [0, 0.1) is 0 Å². The Morgan fingerprint density at radius 2 is 1.30 bits per heavy atom. The van der Waals surface area contributed by atoms with Crippen molar-refractivity contribution < 1.29 is 12.6 Å². The van der Waals surface area contributed by atoms with E-state index < -0.39 is 10.1 Å². The third-order valence-corrected chi connectivity index (χ3v) is 6.21. The van der Waals surface area contributed by atoms with Gasteiger partial charge in [0.2, 0.25) is 0 Å². The van der Waals surface area contributed by atoms with E-state index in [4.69, 9.17) is 4.18 Å². The van der Waals surface area contributed by atoms with Gasteiger partial charge in [0, 0.05) is 0 Å². The molecule has 0 saturated carbocycles. The molecule has 0 bridgehead atoms. The van der Waals surface area contributed by atoms with E-state index >= 15 is 0 Å². The molecule has 0 aliphatic carbocycles. The molecule has 0 spiro atoms. The van der Waals surface area contributed by atoms with Crippen LogP contribution in [0.4, 0.5) is 0 Å². The number of unbranched alkanes of at least 4 members (excludes halogenated alkanes) is 9. The summed E-state index contributed by atoms with van der Waals surface area (Å²) in [5.74, 6) is -0.0356. The summed E-state index contributed by atoms with van der Waals surface area (Å²) in [7, 11) is -3.52. The van der Waals surface area contributed by atoms with Crippen molar-refractivity contribution in [3.63, 3.8) is 0 Å². The molecule has 0 fully saturated rings. The van der Waals surface area contributed by atoms with E-state index in [1.54, 1.807) is 0 Å². The van der Waals surface area contributed by atoms with Crippen LogP contribution < -0.4 is 0 Å². The molecule has 0 aliphatic heterocycles. The van der Waals surface area contributed by atoms with Crippen molar-refractivity contribution >= 4 is 10.1 Å². The molecule has 156 valence electrons. The first-order valence-corrected chi connectivity index (χ1v) is 12.6. The van der Waals surface area contributed by atoms with E-state index in [1.165, 1.54) is 57.8 Å². The summed E-state index contributed by atoms with van der Waals surface area (Å²) >= 11 is 0. The molecule has 0 saturated heterocycles. The second kappa shape index (κ2) is 15.1. The first-order chi connectivity index (χ1) is 13.1. The molecule has 0 aliphatic rings. The van der Waals surface area contributed by atoms with E-state index in [0.29, 0.717) is 0 Å². The number of rotatable bonds is 17. The topological polar surface area (TPSA) is 43.4 Å². The molecule has 27 heavy (non-hydrogen) atoms. The standard InChI is InChI=1S/C23H40O3S/c1-3-5-6-7-8-9-10-11-12-16-20-23(17-4-2)26-27(24,25)21-22-18-14-13-15-19-22/h13-15,18-19,23H,3-12,16-17,20-21H2,1-2H3. The molecule has 1 rings (SSSR count). The highest BCUT2D eigenvalue weighted by molar-refractivity contribution is 7.85. The molecule has 0 heterocycles. The van der Waals surface area contributed by atoms with Crippen LogP contribution in [0.1, 0.15) is 103 Å². The maximum Gasteiger partial charge on any atom is 0.271 e. The highest BCUT2D eigenvalue weighted by Crippen LogP contribution is 2.18. The van der Waals surface area contributed by atoms with Gasteiger partial charge in [-0.25, -0.2) is 0 Å². The third-order valence-electron chi connectivity index (χ3n) is 4.96. The van der Waals surface area contributed by atoms with Crippen LogP contribution in [0.2, 0.25) is 0 Å². The van der Waals surface area contributed by atoms with Gasteiger partial charge < -0.3 is 0 Å². The van der Waals surface area contributed by atoms with Crippen LogP contribution in [-0.4, -0.2) is 14.5 Å². The van der Waals surface area contributed by atoms with E-state index in [1.807, 2.05) is 30.3 Å². The SMILES string of the molecule is CCCCCCCCCCCCC(CCC)OS(=O)(=O)Cc1ccccc1. The van der Waals surface area contributed by atoms with Crippen molar-refractivity contribution in [1.29, 1.82) is 0 Å². The lowest BCUT2D eigenvalue weighted by Gasteiger charge is -2.17. The van der Waals surface area contributed by atoms with Gasteiger partial charge >= 0.3 is 0 Å². The number of benzene rings is 1. The van der Waals surface area contributed by atoms with Crippen molar-refractivity contribution in [2.75, 3.05) is 0 Å². The van der Waals surface area contributed by atoms with Gasteiger partial charge in [-0.3, -0.25) is 4.18 Å². The zero-order chi connectivity index (χ0) is 19.8. The van der Waals surface area contributed by atoms with Gasteiger partial charge in [-0.1, -0.05) is 115 Å². The molecule has 1 unspecified atom stereocenters. The van der Waals surface area contributed by atoms with Gasteiger partial charge in [0.05, 0.1) is 6.10 Å². The second-order valence-corrected chi connectivity index (χ2v) is 9.26. The van der Waals surface area contributed by atoms with Crippen LogP contribution in [0.5, 0.6) is 0 Å². The van der Waals surface area contributed by atoms with Crippen molar-refractivity contribution in [3.05, 3.63) is 35.9 Å². The first-order valence-electron chi connectivity index (χ1n) is 11.0. The minimum absolute atomic E-state index is 0.0356. The Morgan fingerprint density at radius 1 is 0.741 bits per heavy atom. The predicted octanol–water partition coefficient (Wildman–Crippen LogP) is 7.01. The Kier molecular flexibility index (Phi) is 13.5. The van der Waals surface area contributed by atoms with Gasteiger partial charge in [0.1, 0.15) is 5.75 Å². The molecule has 0 N–H and O–H groups in total. The van der Waals surface area contributed by atoms with Crippen LogP contribution in [0.3, 0.4) is 0 Å². The molecule has 0 amide bonds. The van der Waals surface area contributed by atoms with Gasteiger partial charge in [0.15, 0.2) is 0 Å². The Hall–Kier alpha value is -0.870. The van der Waals surface area contributed by atoms with Gasteiger partial charge in [-0.2, -0.15) is 8.42 Å². The predicted molar refractivity (Wildman–Crippen MR) is 115 cm³/mol. The fourth-order valence-electron chi connectivity index (χ4n) is 3.44. The molecule has 1 atom stereocenters. The van der Waals surface area contributed by atoms with Crippen LogP contribution in [0.15, 0.2) is 30.3 Å². The summed E-state index contributed by atoms with van der Waals surface area (Å²) in [5.41, 5.74) is 0.784. The fourth-order valence-corrected chi connectivity index (χ4v) is 4.72. The molecular weight excluding hydrogens is 356 g/mol. The molecule has 1 aromatic rings. The number of hydrogen-bond donors (Lipinski definition) is 0. The monoisotopic (exact) mass is 396 g/mol. The molecule has 0 radical (unpaired) electrons. The van der Waals surface area contributed by atoms with E-state index in [9.17, 15) is 8.42 Å². The summed E-state index contributed by atoms with van der Waals surface area (Å²) in [6, 6.07) is 9.27. The Bertz CT molecular complexity index is 554. The van der Waals surface area contributed by atoms with Crippen LogP contribution >= 0.6 is 0 Å². The second-order valence-electron chi connectivity index (χ2n) is 7.67. The maximum absolute atomic E-state index is 12.3.